The molecular weight excluding hydrogens is 348 g/mol. The van der Waals surface area contributed by atoms with Crippen LogP contribution >= 0.6 is 0 Å². The predicted octanol–water partition coefficient (Wildman–Crippen LogP) is 1.96. The van der Waals surface area contributed by atoms with E-state index in [9.17, 15) is 9.59 Å². The zero-order valence-corrected chi connectivity index (χ0v) is 15.8. The maximum absolute atomic E-state index is 12.8. The van der Waals surface area contributed by atoms with Crippen LogP contribution in [-0.4, -0.2) is 50.6 Å². The van der Waals surface area contributed by atoms with Crippen LogP contribution in [0, 0.1) is 12.3 Å². The molecule has 0 radical (unpaired) electrons. The lowest BCUT2D eigenvalue weighted by atomic mass is 9.74. The fourth-order valence-corrected chi connectivity index (χ4v) is 3.59. The van der Waals surface area contributed by atoms with Gasteiger partial charge in [-0.25, -0.2) is 0 Å². The van der Waals surface area contributed by atoms with Gasteiger partial charge in [-0.2, -0.15) is 0 Å². The number of hydrogen-bond acceptors (Lipinski definition) is 6. The third-order valence-corrected chi connectivity index (χ3v) is 5.29. The van der Waals surface area contributed by atoms with E-state index >= 15 is 0 Å². The van der Waals surface area contributed by atoms with Gasteiger partial charge >= 0.3 is 5.97 Å². The number of nitrogens with zero attached hydrogens (tertiary/aromatic N) is 1. The van der Waals surface area contributed by atoms with E-state index in [1.807, 2.05) is 31.2 Å². The van der Waals surface area contributed by atoms with Gasteiger partial charge in [-0.3, -0.25) is 9.59 Å². The van der Waals surface area contributed by atoms with Gasteiger partial charge in [-0.1, -0.05) is 35.0 Å². The Kier molecular flexibility index (Phi) is 6.11. The molecule has 1 atom stereocenters. The second kappa shape index (κ2) is 8.52. The van der Waals surface area contributed by atoms with Crippen molar-refractivity contribution in [1.82, 2.24) is 5.32 Å². The second-order valence-corrected chi connectivity index (χ2v) is 7.19. The Morgan fingerprint density at radius 1 is 1.26 bits per heavy atom. The average Bonchev–Trinajstić information content (AvgIpc) is 3.15. The standard InChI is InChI=1S/C20H26N2O5/c1-14-3-5-15(6-4-14)17-11-16(27-22-17)12-20(7-9-26-10-8-20)19(24)21-13-18(23)25-2/h3-6,16H,7-13H2,1-2H3,(H,21,24). The van der Waals surface area contributed by atoms with Crippen LogP contribution in [0.3, 0.4) is 0 Å². The Labute approximate surface area is 159 Å². The topological polar surface area (TPSA) is 86.2 Å². The molecule has 0 saturated carbocycles. The van der Waals surface area contributed by atoms with Gasteiger partial charge in [0.05, 0.1) is 18.2 Å². The lowest BCUT2D eigenvalue weighted by Gasteiger charge is -2.36. The van der Waals surface area contributed by atoms with E-state index in [2.05, 4.69) is 15.2 Å². The fourth-order valence-electron chi connectivity index (χ4n) is 3.59. The van der Waals surface area contributed by atoms with Crippen LogP contribution in [0.1, 0.15) is 36.8 Å². The molecule has 2 aliphatic rings. The summed E-state index contributed by atoms with van der Waals surface area (Å²) in [6.45, 7) is 2.95. The Bertz CT molecular complexity index is 708. The summed E-state index contributed by atoms with van der Waals surface area (Å²) >= 11 is 0. The first-order valence-corrected chi connectivity index (χ1v) is 9.25. The Hall–Kier alpha value is -2.41. The number of esters is 1. The molecule has 27 heavy (non-hydrogen) atoms. The highest BCUT2D eigenvalue weighted by atomic mass is 16.6. The zero-order chi connectivity index (χ0) is 19.3. The Morgan fingerprint density at radius 2 is 1.96 bits per heavy atom. The van der Waals surface area contributed by atoms with Crippen LogP contribution in [-0.2, 0) is 23.9 Å². The molecule has 2 aliphatic heterocycles. The largest absolute Gasteiger partial charge is 0.468 e. The number of rotatable bonds is 6. The first kappa shape index (κ1) is 19.4. The summed E-state index contributed by atoms with van der Waals surface area (Å²) in [5.74, 6) is -0.615. The van der Waals surface area contributed by atoms with Crippen LogP contribution in [0.4, 0.5) is 0 Å². The van der Waals surface area contributed by atoms with E-state index in [0.717, 1.165) is 11.3 Å². The first-order chi connectivity index (χ1) is 13.0. The number of hydrogen-bond donors (Lipinski definition) is 1. The summed E-state index contributed by atoms with van der Waals surface area (Å²) in [6.07, 6.45) is 2.24. The molecule has 3 rings (SSSR count). The smallest absolute Gasteiger partial charge is 0.325 e. The molecule has 1 amide bonds. The average molecular weight is 374 g/mol. The molecule has 1 saturated heterocycles. The molecule has 1 fully saturated rings. The van der Waals surface area contributed by atoms with Crippen molar-refractivity contribution in [2.45, 2.75) is 38.7 Å². The molecule has 0 aromatic heterocycles. The second-order valence-electron chi connectivity index (χ2n) is 7.19. The van der Waals surface area contributed by atoms with Gasteiger partial charge in [0, 0.05) is 26.1 Å². The molecule has 1 N–H and O–H groups in total. The van der Waals surface area contributed by atoms with E-state index < -0.39 is 11.4 Å². The number of aryl methyl sites for hydroxylation is 1. The molecule has 7 nitrogen and oxygen atoms in total. The van der Waals surface area contributed by atoms with Crippen LogP contribution < -0.4 is 5.32 Å². The highest BCUT2D eigenvalue weighted by Crippen LogP contribution is 2.38. The molecule has 0 aliphatic carbocycles. The van der Waals surface area contributed by atoms with Gasteiger partial charge in [0.25, 0.3) is 0 Å². The molecule has 2 heterocycles. The van der Waals surface area contributed by atoms with Crippen LogP contribution in [0.15, 0.2) is 29.4 Å². The Morgan fingerprint density at radius 3 is 2.63 bits per heavy atom. The maximum atomic E-state index is 12.8. The van der Waals surface area contributed by atoms with Crippen LogP contribution in [0.5, 0.6) is 0 Å². The summed E-state index contributed by atoms with van der Waals surface area (Å²) in [4.78, 5) is 29.9. The van der Waals surface area contributed by atoms with E-state index in [-0.39, 0.29) is 18.6 Å². The predicted molar refractivity (Wildman–Crippen MR) is 99.3 cm³/mol. The molecule has 1 aromatic carbocycles. The number of benzene rings is 1. The van der Waals surface area contributed by atoms with Crippen molar-refractivity contribution in [1.29, 1.82) is 0 Å². The monoisotopic (exact) mass is 374 g/mol. The van der Waals surface area contributed by atoms with Crippen LogP contribution in [0.2, 0.25) is 0 Å². The molecule has 7 heteroatoms. The summed E-state index contributed by atoms with van der Waals surface area (Å²) in [5.41, 5.74) is 2.52. The lowest BCUT2D eigenvalue weighted by Crippen LogP contribution is -2.47. The van der Waals surface area contributed by atoms with Crippen LogP contribution in [0.25, 0.3) is 0 Å². The van der Waals surface area contributed by atoms with Crippen molar-refractivity contribution in [3.05, 3.63) is 35.4 Å². The quantitative estimate of drug-likeness (QED) is 0.770. The number of nitrogens with one attached hydrogen (secondary N) is 1. The van der Waals surface area contributed by atoms with Crippen molar-refractivity contribution in [2.24, 2.45) is 10.6 Å². The van der Waals surface area contributed by atoms with Gasteiger partial charge < -0.3 is 19.6 Å². The third-order valence-electron chi connectivity index (χ3n) is 5.29. The Balaban J connectivity index is 1.64. The number of carbonyl (C=O) groups excluding carboxylic acids is 2. The zero-order valence-electron chi connectivity index (χ0n) is 15.8. The van der Waals surface area contributed by atoms with Crippen molar-refractivity contribution >= 4 is 17.6 Å². The van der Waals surface area contributed by atoms with E-state index in [4.69, 9.17) is 9.57 Å². The van der Waals surface area contributed by atoms with Crippen molar-refractivity contribution in [3.8, 4) is 0 Å². The van der Waals surface area contributed by atoms with E-state index in [1.54, 1.807) is 0 Å². The maximum Gasteiger partial charge on any atom is 0.325 e. The highest BCUT2D eigenvalue weighted by Gasteiger charge is 2.43. The van der Waals surface area contributed by atoms with Gasteiger partial charge in [0.2, 0.25) is 5.91 Å². The first-order valence-electron chi connectivity index (χ1n) is 9.25. The van der Waals surface area contributed by atoms with Gasteiger partial charge in [-0.05, 0) is 25.3 Å². The number of carbonyl (C=O) groups is 2. The number of oxime groups is 1. The molecule has 0 spiro atoms. The SMILES string of the molecule is COC(=O)CNC(=O)C1(CC2CC(c3ccc(C)cc3)=NO2)CCOCC1. The van der Waals surface area contributed by atoms with E-state index in [1.165, 1.54) is 12.7 Å². The minimum Gasteiger partial charge on any atom is -0.468 e. The number of ether oxygens (including phenoxy) is 2. The molecule has 0 bridgehead atoms. The summed E-state index contributed by atoms with van der Waals surface area (Å²) in [6, 6.07) is 8.16. The number of methoxy groups -OCH3 is 1. The van der Waals surface area contributed by atoms with Crippen molar-refractivity contribution < 1.29 is 23.9 Å². The molecule has 1 aromatic rings. The minimum absolute atomic E-state index is 0.130. The van der Waals surface area contributed by atoms with Gasteiger partial charge in [0.15, 0.2) is 0 Å². The summed E-state index contributed by atoms with van der Waals surface area (Å²) < 4.78 is 10.1. The molecule has 146 valence electrons. The summed E-state index contributed by atoms with van der Waals surface area (Å²) in [5, 5.41) is 6.95. The minimum atomic E-state index is -0.616. The normalized spacial score (nSPS) is 21.1. The van der Waals surface area contributed by atoms with Gasteiger partial charge in [-0.15, -0.1) is 0 Å². The highest BCUT2D eigenvalue weighted by molar-refractivity contribution is 6.01. The van der Waals surface area contributed by atoms with Gasteiger partial charge in [0.1, 0.15) is 12.6 Å². The fraction of sp³-hybridized carbons (Fsp3) is 0.550. The van der Waals surface area contributed by atoms with Crippen molar-refractivity contribution in [3.63, 3.8) is 0 Å². The molecule has 1 unspecified atom stereocenters. The van der Waals surface area contributed by atoms with Crippen molar-refractivity contribution in [2.75, 3.05) is 26.9 Å². The lowest BCUT2D eigenvalue weighted by molar-refractivity contribution is -0.146. The number of amides is 1. The van der Waals surface area contributed by atoms with E-state index in [0.29, 0.717) is 38.9 Å². The summed E-state index contributed by atoms with van der Waals surface area (Å²) in [7, 11) is 1.30. The third kappa shape index (κ3) is 4.66. The molecular formula is C20H26N2O5.